The third-order valence-corrected chi connectivity index (χ3v) is 4.20. The van der Waals surface area contributed by atoms with Crippen LogP contribution in [0.1, 0.15) is 22.9 Å². The molecule has 0 spiro atoms. The number of rotatable bonds is 7. The monoisotopic (exact) mass is 255 g/mol. The summed E-state index contributed by atoms with van der Waals surface area (Å²) in [5.41, 5.74) is 7.29. The van der Waals surface area contributed by atoms with Crippen molar-refractivity contribution in [3.63, 3.8) is 0 Å². The van der Waals surface area contributed by atoms with E-state index in [0.29, 0.717) is 12.6 Å². The van der Waals surface area contributed by atoms with E-state index in [9.17, 15) is 0 Å². The zero-order valence-corrected chi connectivity index (χ0v) is 12.3. The van der Waals surface area contributed by atoms with E-state index in [1.807, 2.05) is 11.3 Å². The molecule has 3 nitrogen and oxygen atoms in total. The van der Waals surface area contributed by atoms with Gasteiger partial charge < -0.3 is 10.6 Å². The molecule has 0 aliphatic heterocycles. The molecule has 0 bridgehead atoms. The molecule has 0 aliphatic carbocycles. The highest BCUT2D eigenvalue weighted by atomic mass is 32.1. The largest absolute Gasteiger partial charge is 0.329 e. The Labute approximate surface area is 109 Å². The summed E-state index contributed by atoms with van der Waals surface area (Å²) >= 11 is 1.82. The molecule has 17 heavy (non-hydrogen) atoms. The Morgan fingerprint density at radius 2 is 2.00 bits per heavy atom. The van der Waals surface area contributed by atoms with Crippen LogP contribution < -0.4 is 5.73 Å². The molecule has 1 atom stereocenters. The van der Waals surface area contributed by atoms with E-state index in [0.717, 1.165) is 13.1 Å². The number of thiophene rings is 1. The molecular weight excluding hydrogens is 230 g/mol. The molecule has 1 rings (SSSR count). The van der Waals surface area contributed by atoms with Crippen LogP contribution in [0.5, 0.6) is 0 Å². The van der Waals surface area contributed by atoms with E-state index in [1.54, 1.807) is 0 Å². The quantitative estimate of drug-likeness (QED) is 0.808. The van der Waals surface area contributed by atoms with E-state index in [2.05, 4.69) is 49.3 Å². The number of hydrogen-bond donors (Lipinski definition) is 1. The summed E-state index contributed by atoms with van der Waals surface area (Å²) in [6, 6.07) is 2.55. The van der Waals surface area contributed by atoms with Crippen molar-refractivity contribution in [2.75, 3.05) is 40.8 Å². The topological polar surface area (TPSA) is 32.5 Å². The lowest BCUT2D eigenvalue weighted by Crippen LogP contribution is -2.32. The van der Waals surface area contributed by atoms with Crippen molar-refractivity contribution in [3.05, 3.63) is 21.9 Å². The minimum absolute atomic E-state index is 0.372. The van der Waals surface area contributed by atoms with Gasteiger partial charge in [-0.05, 0) is 64.6 Å². The van der Waals surface area contributed by atoms with Gasteiger partial charge in [-0.2, -0.15) is 0 Å². The van der Waals surface area contributed by atoms with Gasteiger partial charge in [0.05, 0.1) is 6.04 Å². The van der Waals surface area contributed by atoms with Gasteiger partial charge in [-0.3, -0.25) is 4.90 Å². The molecule has 1 aromatic heterocycles. The Morgan fingerprint density at radius 3 is 2.47 bits per heavy atom. The Balaban J connectivity index is 2.53. The third kappa shape index (κ3) is 4.39. The Morgan fingerprint density at radius 1 is 1.29 bits per heavy atom. The fraction of sp³-hybridized carbons (Fsp3) is 0.692. The number of likely N-dealkylation sites (N-methyl/N-ethyl adjacent to an activating group) is 1. The van der Waals surface area contributed by atoms with Crippen LogP contribution in [0, 0.1) is 6.92 Å². The van der Waals surface area contributed by atoms with Crippen molar-refractivity contribution in [1.82, 2.24) is 9.80 Å². The molecule has 0 saturated carbocycles. The van der Waals surface area contributed by atoms with Crippen LogP contribution in [-0.2, 0) is 0 Å². The predicted molar refractivity (Wildman–Crippen MR) is 76.7 cm³/mol. The lowest BCUT2D eigenvalue weighted by Gasteiger charge is -2.27. The van der Waals surface area contributed by atoms with Crippen molar-refractivity contribution in [2.24, 2.45) is 5.73 Å². The zero-order valence-electron chi connectivity index (χ0n) is 11.4. The highest BCUT2D eigenvalue weighted by molar-refractivity contribution is 7.10. The normalized spacial score (nSPS) is 13.6. The van der Waals surface area contributed by atoms with Crippen LogP contribution in [0.25, 0.3) is 0 Å². The van der Waals surface area contributed by atoms with Gasteiger partial charge >= 0.3 is 0 Å². The molecule has 98 valence electrons. The number of nitrogens with zero attached hydrogens (tertiary/aromatic N) is 2. The van der Waals surface area contributed by atoms with Crippen LogP contribution >= 0.6 is 11.3 Å². The first-order chi connectivity index (χ1) is 8.06. The second-order valence-electron chi connectivity index (χ2n) is 4.86. The van der Waals surface area contributed by atoms with Crippen molar-refractivity contribution in [2.45, 2.75) is 19.4 Å². The molecular formula is C13H25N3S. The maximum absolute atomic E-state index is 5.92. The zero-order chi connectivity index (χ0) is 12.8. The van der Waals surface area contributed by atoms with Crippen LogP contribution in [0.15, 0.2) is 11.4 Å². The van der Waals surface area contributed by atoms with E-state index in [4.69, 9.17) is 5.73 Å². The maximum Gasteiger partial charge on any atom is 0.0564 e. The minimum atomic E-state index is 0.372. The summed E-state index contributed by atoms with van der Waals surface area (Å²) in [7, 11) is 6.40. The number of hydrogen-bond acceptors (Lipinski definition) is 4. The third-order valence-electron chi connectivity index (χ3n) is 3.08. The lowest BCUT2D eigenvalue weighted by molar-refractivity contribution is 0.237. The molecule has 0 aromatic carbocycles. The lowest BCUT2D eigenvalue weighted by atomic mass is 10.1. The average Bonchev–Trinajstić information content (AvgIpc) is 2.66. The first kappa shape index (κ1) is 14.6. The van der Waals surface area contributed by atoms with Gasteiger partial charge in [0.25, 0.3) is 0 Å². The second kappa shape index (κ2) is 7.11. The first-order valence-corrected chi connectivity index (χ1v) is 7.03. The molecule has 2 N–H and O–H groups in total. The first-order valence-electron chi connectivity index (χ1n) is 6.15. The average molecular weight is 255 g/mol. The molecule has 1 unspecified atom stereocenters. The molecule has 0 radical (unpaired) electrons. The highest BCUT2D eigenvalue weighted by Crippen LogP contribution is 2.27. The molecule has 1 aromatic rings. The molecule has 0 aliphatic rings. The van der Waals surface area contributed by atoms with E-state index >= 15 is 0 Å². The van der Waals surface area contributed by atoms with Crippen molar-refractivity contribution in [1.29, 1.82) is 0 Å². The van der Waals surface area contributed by atoms with Crippen LogP contribution in [0.4, 0.5) is 0 Å². The summed E-state index contributed by atoms with van der Waals surface area (Å²) in [6.45, 7) is 5.09. The van der Waals surface area contributed by atoms with Gasteiger partial charge in [-0.15, -0.1) is 11.3 Å². The van der Waals surface area contributed by atoms with Gasteiger partial charge in [0.15, 0.2) is 0 Å². The molecule has 1 heterocycles. The van der Waals surface area contributed by atoms with Crippen LogP contribution in [0.3, 0.4) is 0 Å². The van der Waals surface area contributed by atoms with Gasteiger partial charge in [-0.1, -0.05) is 0 Å². The number of nitrogens with two attached hydrogens (primary N) is 1. The van der Waals surface area contributed by atoms with Gasteiger partial charge in [-0.25, -0.2) is 0 Å². The van der Waals surface area contributed by atoms with Gasteiger partial charge in [0, 0.05) is 11.4 Å². The van der Waals surface area contributed by atoms with Gasteiger partial charge in [0.2, 0.25) is 0 Å². The van der Waals surface area contributed by atoms with Crippen molar-refractivity contribution in [3.8, 4) is 0 Å². The number of aryl methyl sites for hydroxylation is 1. The Kier molecular flexibility index (Phi) is 6.12. The summed E-state index contributed by atoms with van der Waals surface area (Å²) in [5, 5.41) is 2.15. The fourth-order valence-corrected chi connectivity index (χ4v) is 3.11. The predicted octanol–water partition coefficient (Wildman–Crippen LogP) is 1.94. The van der Waals surface area contributed by atoms with E-state index in [-0.39, 0.29) is 0 Å². The smallest absolute Gasteiger partial charge is 0.0564 e. The van der Waals surface area contributed by atoms with Crippen LogP contribution in [-0.4, -0.2) is 50.6 Å². The molecule has 4 heteroatoms. The summed E-state index contributed by atoms with van der Waals surface area (Å²) in [4.78, 5) is 6.02. The molecule has 0 saturated heterocycles. The van der Waals surface area contributed by atoms with Gasteiger partial charge in [0.1, 0.15) is 0 Å². The highest BCUT2D eigenvalue weighted by Gasteiger charge is 2.18. The maximum atomic E-state index is 5.92. The fourth-order valence-electron chi connectivity index (χ4n) is 2.01. The Bertz CT molecular complexity index is 322. The molecule has 0 amide bonds. The van der Waals surface area contributed by atoms with E-state index in [1.165, 1.54) is 16.9 Å². The van der Waals surface area contributed by atoms with Crippen molar-refractivity contribution < 1.29 is 0 Å². The SMILES string of the molecule is Cc1ccsc1C(CN)N(C)CCCN(C)C. The summed E-state index contributed by atoms with van der Waals surface area (Å²) in [6.07, 6.45) is 1.18. The van der Waals surface area contributed by atoms with E-state index < -0.39 is 0 Å². The minimum Gasteiger partial charge on any atom is -0.329 e. The molecule has 0 fully saturated rings. The second-order valence-corrected chi connectivity index (χ2v) is 5.80. The summed E-state index contributed by atoms with van der Waals surface area (Å²) < 4.78 is 0. The standard InChI is InChI=1S/C13H25N3S/c1-11-6-9-17-13(11)12(10-14)16(4)8-5-7-15(2)3/h6,9,12H,5,7-8,10,14H2,1-4H3. The van der Waals surface area contributed by atoms with Crippen LogP contribution in [0.2, 0.25) is 0 Å². The van der Waals surface area contributed by atoms with Crippen molar-refractivity contribution >= 4 is 11.3 Å². The summed E-state index contributed by atoms with van der Waals surface area (Å²) in [5.74, 6) is 0. The Hall–Kier alpha value is -0.420.